The molecule has 9 heteroatoms. The van der Waals surface area contributed by atoms with Crippen LogP contribution in [0, 0.1) is 0 Å². The minimum absolute atomic E-state index is 0.0464. The van der Waals surface area contributed by atoms with E-state index in [0.717, 1.165) is 24.1 Å². The Labute approximate surface area is 217 Å². The number of rotatable bonds is 9. The van der Waals surface area contributed by atoms with E-state index in [0.29, 0.717) is 44.8 Å². The van der Waals surface area contributed by atoms with Gasteiger partial charge in [0.2, 0.25) is 5.91 Å². The Morgan fingerprint density at radius 2 is 1.76 bits per heavy atom. The van der Waals surface area contributed by atoms with Gasteiger partial charge < -0.3 is 24.4 Å². The van der Waals surface area contributed by atoms with Crippen LogP contribution in [0.25, 0.3) is 0 Å². The number of benzene rings is 2. The smallest absolute Gasteiger partial charge is 0.410 e. The molecular formula is C28H35N3O6. The Morgan fingerprint density at radius 3 is 2.51 bits per heavy atom. The highest BCUT2D eigenvalue weighted by Crippen LogP contribution is 2.23. The summed E-state index contributed by atoms with van der Waals surface area (Å²) in [4.78, 5) is 40.4. The van der Waals surface area contributed by atoms with Gasteiger partial charge >= 0.3 is 12.1 Å². The second kappa shape index (κ2) is 13.2. The number of esters is 1. The first kappa shape index (κ1) is 26.6. The summed E-state index contributed by atoms with van der Waals surface area (Å²) in [5.74, 6) is -0.439. The average Bonchev–Trinajstić information content (AvgIpc) is 2.91. The Hall–Kier alpha value is -3.43. The van der Waals surface area contributed by atoms with Crippen molar-refractivity contribution in [3.05, 3.63) is 65.2 Å². The van der Waals surface area contributed by atoms with Crippen molar-refractivity contribution in [1.82, 2.24) is 9.80 Å². The number of carbonyl (C=O) groups excluding carboxylic acids is 3. The Balaban J connectivity index is 1.17. The molecule has 0 aromatic heterocycles. The van der Waals surface area contributed by atoms with Gasteiger partial charge in [-0.05, 0) is 55.0 Å². The molecule has 2 aromatic rings. The van der Waals surface area contributed by atoms with Crippen molar-refractivity contribution in [2.24, 2.45) is 0 Å². The first-order valence-corrected chi connectivity index (χ1v) is 12.9. The highest BCUT2D eigenvalue weighted by molar-refractivity contribution is 5.91. The zero-order chi connectivity index (χ0) is 26.0. The van der Waals surface area contributed by atoms with Crippen molar-refractivity contribution in [3.8, 4) is 0 Å². The molecule has 1 N–H and O–H groups in total. The lowest BCUT2D eigenvalue weighted by Crippen LogP contribution is -2.41. The first-order chi connectivity index (χ1) is 18.0. The Kier molecular flexibility index (Phi) is 9.51. The van der Waals surface area contributed by atoms with Crippen LogP contribution in [-0.2, 0) is 43.4 Å². The number of anilines is 1. The summed E-state index contributed by atoms with van der Waals surface area (Å²) in [6.45, 7) is 5.16. The maximum Gasteiger partial charge on any atom is 0.410 e. The summed E-state index contributed by atoms with van der Waals surface area (Å²) < 4.78 is 16.3. The number of hydrogen-bond donors (Lipinski definition) is 1. The fourth-order valence-electron chi connectivity index (χ4n) is 4.62. The van der Waals surface area contributed by atoms with Crippen LogP contribution in [0.3, 0.4) is 0 Å². The van der Waals surface area contributed by atoms with Gasteiger partial charge in [-0.2, -0.15) is 0 Å². The summed E-state index contributed by atoms with van der Waals surface area (Å²) in [7, 11) is 0. The van der Waals surface area contributed by atoms with Gasteiger partial charge in [-0.1, -0.05) is 36.4 Å². The Morgan fingerprint density at radius 1 is 0.973 bits per heavy atom. The molecule has 37 heavy (non-hydrogen) atoms. The van der Waals surface area contributed by atoms with Crippen molar-refractivity contribution in [1.29, 1.82) is 0 Å². The molecule has 0 aliphatic carbocycles. The largest absolute Gasteiger partial charge is 0.465 e. The van der Waals surface area contributed by atoms with E-state index in [1.165, 1.54) is 5.56 Å². The summed E-state index contributed by atoms with van der Waals surface area (Å²) in [6, 6.07) is 15.5. The van der Waals surface area contributed by atoms with Gasteiger partial charge in [0.25, 0.3) is 0 Å². The van der Waals surface area contributed by atoms with Crippen LogP contribution < -0.4 is 5.32 Å². The molecule has 2 aliphatic rings. The van der Waals surface area contributed by atoms with Crippen LogP contribution in [-0.4, -0.2) is 73.3 Å². The normalized spacial score (nSPS) is 16.1. The third-order valence-corrected chi connectivity index (χ3v) is 6.59. The van der Waals surface area contributed by atoms with Gasteiger partial charge in [0.15, 0.2) is 0 Å². The van der Waals surface area contributed by atoms with E-state index >= 15 is 0 Å². The number of fused-ring (bicyclic) bond motifs is 1. The van der Waals surface area contributed by atoms with E-state index in [1.807, 2.05) is 48.5 Å². The predicted octanol–water partition coefficient (Wildman–Crippen LogP) is 3.36. The predicted molar refractivity (Wildman–Crippen MR) is 138 cm³/mol. The van der Waals surface area contributed by atoms with Crippen LogP contribution in [0.2, 0.25) is 0 Å². The molecule has 198 valence electrons. The molecular weight excluding hydrogens is 474 g/mol. The Bertz CT molecular complexity index is 1070. The number of carbonyl (C=O) groups is 3. The van der Waals surface area contributed by atoms with E-state index in [-0.39, 0.29) is 43.8 Å². The summed E-state index contributed by atoms with van der Waals surface area (Å²) >= 11 is 0. The molecule has 1 saturated heterocycles. The molecule has 2 aromatic carbocycles. The van der Waals surface area contributed by atoms with Gasteiger partial charge in [-0.25, -0.2) is 4.79 Å². The van der Waals surface area contributed by atoms with E-state index in [4.69, 9.17) is 14.2 Å². The molecule has 4 rings (SSSR count). The quantitative estimate of drug-likeness (QED) is 0.518. The first-order valence-electron chi connectivity index (χ1n) is 12.9. The molecule has 2 heterocycles. The van der Waals surface area contributed by atoms with Crippen molar-refractivity contribution >= 4 is 23.7 Å². The lowest BCUT2D eigenvalue weighted by atomic mass is 9.99. The third-order valence-electron chi connectivity index (χ3n) is 6.59. The summed E-state index contributed by atoms with van der Waals surface area (Å²) in [5.41, 5.74) is 3.98. The highest BCUT2D eigenvalue weighted by atomic mass is 16.6. The molecule has 0 atom stereocenters. The SMILES string of the molecule is CCOC(=O)CN1CCc2ccc(NC(=O)COC3CCN(C(=O)OCc4ccccc4)CC3)cc2C1. The van der Waals surface area contributed by atoms with Crippen LogP contribution in [0.1, 0.15) is 36.5 Å². The molecule has 2 aliphatic heterocycles. The summed E-state index contributed by atoms with van der Waals surface area (Å²) in [6.07, 6.45) is 1.76. The average molecular weight is 510 g/mol. The van der Waals surface area contributed by atoms with Crippen molar-refractivity contribution < 1.29 is 28.6 Å². The van der Waals surface area contributed by atoms with Gasteiger partial charge in [0.05, 0.1) is 19.3 Å². The molecule has 9 nitrogen and oxygen atoms in total. The topological polar surface area (TPSA) is 97.4 Å². The molecule has 0 spiro atoms. The van der Waals surface area contributed by atoms with Crippen LogP contribution in [0.4, 0.5) is 10.5 Å². The molecule has 0 radical (unpaired) electrons. The standard InChI is InChI=1S/C28H35N3O6/c1-2-35-27(33)18-30-13-10-22-8-9-24(16-23(22)17-30)29-26(32)20-36-25-11-14-31(15-12-25)28(34)37-19-21-6-4-3-5-7-21/h3-9,16,25H,2,10-15,17-20H2,1H3,(H,29,32). The molecule has 2 amide bonds. The monoisotopic (exact) mass is 509 g/mol. The maximum absolute atomic E-state index is 12.5. The van der Waals surface area contributed by atoms with Crippen LogP contribution >= 0.6 is 0 Å². The number of amides is 2. The number of hydrogen-bond acceptors (Lipinski definition) is 7. The third kappa shape index (κ3) is 8.03. The number of likely N-dealkylation sites (tertiary alicyclic amines) is 1. The van der Waals surface area contributed by atoms with Crippen molar-refractivity contribution in [2.45, 2.75) is 45.4 Å². The van der Waals surface area contributed by atoms with E-state index in [9.17, 15) is 14.4 Å². The van der Waals surface area contributed by atoms with Crippen LogP contribution in [0.5, 0.6) is 0 Å². The lowest BCUT2D eigenvalue weighted by Gasteiger charge is -2.31. The minimum Gasteiger partial charge on any atom is -0.465 e. The zero-order valence-corrected chi connectivity index (χ0v) is 21.3. The molecule has 0 unspecified atom stereocenters. The van der Waals surface area contributed by atoms with Gasteiger partial charge in [-0.3, -0.25) is 14.5 Å². The van der Waals surface area contributed by atoms with Gasteiger partial charge in [-0.15, -0.1) is 0 Å². The number of nitrogens with zero attached hydrogens (tertiary/aromatic N) is 2. The maximum atomic E-state index is 12.5. The lowest BCUT2D eigenvalue weighted by molar-refractivity contribution is -0.144. The zero-order valence-electron chi connectivity index (χ0n) is 21.3. The number of ether oxygens (including phenoxy) is 3. The second-order valence-corrected chi connectivity index (χ2v) is 9.33. The van der Waals surface area contributed by atoms with Gasteiger partial charge in [0.1, 0.15) is 13.2 Å². The van der Waals surface area contributed by atoms with E-state index in [2.05, 4.69) is 10.2 Å². The minimum atomic E-state index is -0.326. The highest BCUT2D eigenvalue weighted by Gasteiger charge is 2.25. The van der Waals surface area contributed by atoms with Crippen LogP contribution in [0.15, 0.2) is 48.5 Å². The fourth-order valence-corrected chi connectivity index (χ4v) is 4.62. The number of piperidine rings is 1. The molecule has 0 bridgehead atoms. The fraction of sp³-hybridized carbons (Fsp3) is 0.464. The van der Waals surface area contributed by atoms with Crippen molar-refractivity contribution in [2.75, 3.05) is 44.7 Å². The van der Waals surface area contributed by atoms with Crippen molar-refractivity contribution in [3.63, 3.8) is 0 Å². The van der Waals surface area contributed by atoms with E-state index in [1.54, 1.807) is 11.8 Å². The molecule has 0 saturated carbocycles. The second-order valence-electron chi connectivity index (χ2n) is 9.33. The number of nitrogens with one attached hydrogen (secondary N) is 1. The van der Waals surface area contributed by atoms with E-state index < -0.39 is 0 Å². The van der Waals surface area contributed by atoms with Gasteiger partial charge in [0, 0.05) is 31.9 Å². The molecule has 1 fully saturated rings. The summed E-state index contributed by atoms with van der Waals surface area (Å²) in [5, 5.41) is 2.91.